The molecule has 0 aliphatic rings. The van der Waals surface area contributed by atoms with Gasteiger partial charge in [0.05, 0.1) is 18.2 Å². The van der Waals surface area contributed by atoms with E-state index in [9.17, 15) is 4.79 Å². The second-order valence-corrected chi connectivity index (χ2v) is 2.76. The molecule has 0 saturated heterocycles. The average molecular weight is 169 g/mol. The summed E-state index contributed by atoms with van der Waals surface area (Å²) in [5.41, 5.74) is 0. The first-order chi connectivity index (χ1) is 5.54. The van der Waals surface area contributed by atoms with Crippen LogP contribution >= 0.6 is 0 Å². The number of rotatable bonds is 3. The molecule has 2 unspecified atom stereocenters. The Kier molecular flexibility index (Phi) is 4.30. The highest BCUT2D eigenvalue weighted by molar-refractivity contribution is 5.80. The van der Waals surface area contributed by atoms with Crippen molar-refractivity contribution in [2.45, 2.75) is 25.9 Å². The Hall–Kier alpha value is -1.08. The third kappa shape index (κ3) is 2.51. The largest absolute Gasteiger partial charge is 0.358 e. The maximum Gasteiger partial charge on any atom is 0.236 e. The molecule has 4 nitrogen and oxygen atoms in total. The van der Waals surface area contributed by atoms with Crippen LogP contribution < -0.4 is 5.32 Å². The molecule has 0 aromatic carbocycles. The van der Waals surface area contributed by atoms with E-state index in [1.807, 2.05) is 0 Å². The summed E-state index contributed by atoms with van der Waals surface area (Å²) in [7, 11) is 3.34. The van der Waals surface area contributed by atoms with E-state index in [-0.39, 0.29) is 18.0 Å². The summed E-state index contributed by atoms with van der Waals surface area (Å²) in [5.74, 6) is -0.0698. The Morgan fingerprint density at radius 2 is 2.08 bits per heavy atom. The van der Waals surface area contributed by atoms with E-state index in [1.165, 1.54) is 0 Å². The molecule has 0 aliphatic heterocycles. The SMILES string of the molecule is CNC(=O)C(C)N(C)C(C)C#N. The topological polar surface area (TPSA) is 56.1 Å². The zero-order valence-electron chi connectivity index (χ0n) is 7.96. The summed E-state index contributed by atoms with van der Waals surface area (Å²) in [5, 5.41) is 11.1. The molecular formula is C8H15N3O. The normalized spacial score (nSPS) is 15.0. The summed E-state index contributed by atoms with van der Waals surface area (Å²) in [6, 6.07) is 1.57. The first-order valence-electron chi connectivity index (χ1n) is 3.87. The average Bonchev–Trinajstić information content (AvgIpc) is 2.12. The van der Waals surface area contributed by atoms with E-state index in [4.69, 9.17) is 5.26 Å². The van der Waals surface area contributed by atoms with Crippen LogP contribution in [0.4, 0.5) is 0 Å². The fourth-order valence-electron chi connectivity index (χ4n) is 0.820. The van der Waals surface area contributed by atoms with Gasteiger partial charge in [-0.1, -0.05) is 0 Å². The fourth-order valence-corrected chi connectivity index (χ4v) is 0.820. The lowest BCUT2D eigenvalue weighted by Gasteiger charge is -2.24. The molecule has 0 saturated carbocycles. The molecule has 0 aromatic rings. The molecule has 0 aliphatic carbocycles. The first kappa shape index (κ1) is 10.9. The molecule has 4 heteroatoms. The number of amides is 1. The highest BCUT2D eigenvalue weighted by atomic mass is 16.2. The van der Waals surface area contributed by atoms with E-state index in [0.717, 1.165) is 0 Å². The molecule has 0 heterocycles. The number of nitrogens with zero attached hydrogens (tertiary/aromatic N) is 2. The van der Waals surface area contributed by atoms with Crippen molar-refractivity contribution in [3.8, 4) is 6.07 Å². The molecule has 1 amide bonds. The van der Waals surface area contributed by atoms with Crippen molar-refractivity contribution in [3.63, 3.8) is 0 Å². The minimum absolute atomic E-state index is 0.0698. The van der Waals surface area contributed by atoms with Gasteiger partial charge in [0.2, 0.25) is 5.91 Å². The Balaban J connectivity index is 4.20. The summed E-state index contributed by atoms with van der Waals surface area (Å²) >= 11 is 0. The van der Waals surface area contributed by atoms with E-state index in [2.05, 4.69) is 11.4 Å². The van der Waals surface area contributed by atoms with Crippen molar-refractivity contribution in [1.29, 1.82) is 5.26 Å². The molecule has 0 aromatic heterocycles. The smallest absolute Gasteiger partial charge is 0.236 e. The van der Waals surface area contributed by atoms with E-state index in [1.54, 1.807) is 32.8 Å². The number of hydrogen-bond acceptors (Lipinski definition) is 3. The van der Waals surface area contributed by atoms with Crippen molar-refractivity contribution >= 4 is 5.91 Å². The zero-order valence-corrected chi connectivity index (χ0v) is 7.96. The van der Waals surface area contributed by atoms with Crippen molar-refractivity contribution in [3.05, 3.63) is 0 Å². The lowest BCUT2D eigenvalue weighted by molar-refractivity contribution is -0.125. The van der Waals surface area contributed by atoms with Crippen LogP contribution in [-0.2, 0) is 4.79 Å². The van der Waals surface area contributed by atoms with E-state index < -0.39 is 0 Å². The Morgan fingerprint density at radius 1 is 1.58 bits per heavy atom. The van der Waals surface area contributed by atoms with Crippen molar-refractivity contribution < 1.29 is 4.79 Å². The van der Waals surface area contributed by atoms with Gasteiger partial charge in [-0.15, -0.1) is 0 Å². The van der Waals surface area contributed by atoms with Gasteiger partial charge in [0.25, 0.3) is 0 Å². The lowest BCUT2D eigenvalue weighted by atomic mass is 10.2. The monoisotopic (exact) mass is 169 g/mol. The summed E-state index contributed by atoms with van der Waals surface area (Å²) in [4.78, 5) is 12.8. The number of hydrogen-bond donors (Lipinski definition) is 1. The van der Waals surface area contributed by atoms with Crippen LogP contribution in [0.5, 0.6) is 0 Å². The third-order valence-electron chi connectivity index (χ3n) is 2.03. The van der Waals surface area contributed by atoms with Crippen LogP contribution in [0, 0.1) is 11.3 Å². The molecule has 1 N–H and O–H groups in total. The quantitative estimate of drug-likeness (QED) is 0.645. The van der Waals surface area contributed by atoms with Crippen LogP contribution in [0.25, 0.3) is 0 Å². The summed E-state index contributed by atoms with van der Waals surface area (Å²) < 4.78 is 0. The molecule has 68 valence electrons. The number of nitriles is 1. The maximum atomic E-state index is 11.1. The summed E-state index contributed by atoms with van der Waals surface area (Å²) in [6.07, 6.45) is 0. The number of carbonyl (C=O) groups excluding carboxylic acids is 1. The van der Waals surface area contributed by atoms with Crippen LogP contribution in [0.2, 0.25) is 0 Å². The molecule has 12 heavy (non-hydrogen) atoms. The van der Waals surface area contributed by atoms with Crippen molar-refractivity contribution in [1.82, 2.24) is 10.2 Å². The highest BCUT2D eigenvalue weighted by Crippen LogP contribution is 2.00. The van der Waals surface area contributed by atoms with Gasteiger partial charge in [0, 0.05) is 7.05 Å². The Bertz CT molecular complexity index is 197. The standard InChI is InChI=1S/C8H15N3O/c1-6(5-9)11(4)7(2)8(12)10-3/h6-7H,1-4H3,(H,10,12). The van der Waals surface area contributed by atoms with Gasteiger partial charge >= 0.3 is 0 Å². The fraction of sp³-hybridized carbons (Fsp3) is 0.750. The van der Waals surface area contributed by atoms with E-state index in [0.29, 0.717) is 0 Å². The zero-order chi connectivity index (χ0) is 9.72. The Morgan fingerprint density at radius 3 is 2.42 bits per heavy atom. The van der Waals surface area contributed by atoms with Gasteiger partial charge in [-0.05, 0) is 20.9 Å². The second kappa shape index (κ2) is 4.73. The van der Waals surface area contributed by atoms with Gasteiger partial charge in [0.15, 0.2) is 0 Å². The Labute approximate surface area is 73.2 Å². The van der Waals surface area contributed by atoms with Gasteiger partial charge in [0.1, 0.15) is 0 Å². The molecular weight excluding hydrogens is 154 g/mol. The molecule has 2 atom stereocenters. The molecule has 0 rings (SSSR count). The minimum Gasteiger partial charge on any atom is -0.358 e. The van der Waals surface area contributed by atoms with Gasteiger partial charge in [-0.3, -0.25) is 9.69 Å². The second-order valence-electron chi connectivity index (χ2n) is 2.76. The molecule has 0 spiro atoms. The maximum absolute atomic E-state index is 11.1. The number of nitrogens with one attached hydrogen (secondary N) is 1. The molecule has 0 fully saturated rings. The van der Waals surface area contributed by atoms with Crippen LogP contribution in [0.15, 0.2) is 0 Å². The van der Waals surface area contributed by atoms with Gasteiger partial charge in [-0.25, -0.2) is 0 Å². The van der Waals surface area contributed by atoms with Crippen LogP contribution in [0.3, 0.4) is 0 Å². The van der Waals surface area contributed by atoms with Crippen LogP contribution in [-0.4, -0.2) is 37.0 Å². The number of carbonyl (C=O) groups is 1. The van der Waals surface area contributed by atoms with Crippen molar-refractivity contribution in [2.75, 3.05) is 14.1 Å². The minimum atomic E-state index is -0.260. The van der Waals surface area contributed by atoms with E-state index >= 15 is 0 Å². The van der Waals surface area contributed by atoms with Crippen molar-refractivity contribution in [2.24, 2.45) is 0 Å². The lowest BCUT2D eigenvalue weighted by Crippen LogP contribution is -2.45. The predicted octanol–water partition coefficient (Wildman–Crippen LogP) is -0.0352. The third-order valence-corrected chi connectivity index (χ3v) is 2.03. The van der Waals surface area contributed by atoms with Gasteiger partial charge < -0.3 is 5.32 Å². The highest BCUT2D eigenvalue weighted by Gasteiger charge is 2.20. The predicted molar refractivity (Wildman–Crippen MR) is 46.4 cm³/mol. The first-order valence-corrected chi connectivity index (χ1v) is 3.87. The molecule has 0 bridgehead atoms. The van der Waals surface area contributed by atoms with Gasteiger partial charge in [-0.2, -0.15) is 5.26 Å². The summed E-state index contributed by atoms with van der Waals surface area (Å²) in [6.45, 7) is 3.53. The molecule has 0 radical (unpaired) electrons. The van der Waals surface area contributed by atoms with Crippen LogP contribution in [0.1, 0.15) is 13.8 Å². The number of likely N-dealkylation sites (N-methyl/N-ethyl adjacent to an activating group) is 2.